The SMILES string of the molecule is O=S([O-])N1CCc2c(-c3ccccn3)cncc21. The molecule has 0 radical (unpaired) electrons. The molecule has 2 aromatic heterocycles. The molecule has 18 heavy (non-hydrogen) atoms. The summed E-state index contributed by atoms with van der Waals surface area (Å²) in [4.78, 5) is 8.39. The lowest BCUT2D eigenvalue weighted by molar-refractivity contribution is 0.533. The van der Waals surface area contributed by atoms with Gasteiger partial charge in [-0.3, -0.25) is 14.2 Å². The molecule has 0 bridgehead atoms. The summed E-state index contributed by atoms with van der Waals surface area (Å²) in [5.74, 6) is 0. The predicted molar refractivity (Wildman–Crippen MR) is 67.4 cm³/mol. The molecule has 0 fully saturated rings. The molecule has 0 N–H and O–H groups in total. The maximum Gasteiger partial charge on any atom is 0.0721 e. The van der Waals surface area contributed by atoms with Gasteiger partial charge in [-0.1, -0.05) is 6.07 Å². The van der Waals surface area contributed by atoms with E-state index in [9.17, 15) is 8.76 Å². The molecule has 0 aromatic carbocycles. The second-order valence-corrected chi connectivity index (χ2v) is 4.84. The molecule has 6 heteroatoms. The molecule has 0 saturated carbocycles. The molecule has 0 saturated heterocycles. The minimum absolute atomic E-state index is 0.469. The minimum atomic E-state index is -2.24. The van der Waals surface area contributed by atoms with Crippen molar-refractivity contribution in [2.75, 3.05) is 10.8 Å². The number of nitrogens with zero attached hydrogens (tertiary/aromatic N) is 3. The Morgan fingerprint density at radius 3 is 2.94 bits per heavy atom. The summed E-state index contributed by atoms with van der Waals surface area (Å²) in [5.41, 5.74) is 3.38. The number of hydrogen-bond donors (Lipinski definition) is 0. The average molecular weight is 260 g/mol. The van der Waals surface area contributed by atoms with Gasteiger partial charge in [0.15, 0.2) is 0 Å². The predicted octanol–water partition coefficient (Wildman–Crippen LogP) is 1.30. The third-order valence-corrected chi connectivity index (χ3v) is 3.73. The van der Waals surface area contributed by atoms with Crippen LogP contribution in [-0.4, -0.2) is 25.3 Å². The van der Waals surface area contributed by atoms with Crippen LogP contribution in [-0.2, 0) is 17.7 Å². The van der Waals surface area contributed by atoms with Crippen LogP contribution >= 0.6 is 0 Å². The van der Waals surface area contributed by atoms with Gasteiger partial charge >= 0.3 is 0 Å². The van der Waals surface area contributed by atoms with E-state index in [-0.39, 0.29) is 0 Å². The largest absolute Gasteiger partial charge is 0.755 e. The molecular weight excluding hydrogens is 250 g/mol. The van der Waals surface area contributed by atoms with Gasteiger partial charge in [0.25, 0.3) is 0 Å². The number of anilines is 1. The van der Waals surface area contributed by atoms with Gasteiger partial charge in [0.2, 0.25) is 0 Å². The van der Waals surface area contributed by atoms with Crippen LogP contribution < -0.4 is 4.31 Å². The van der Waals surface area contributed by atoms with E-state index in [4.69, 9.17) is 0 Å². The Balaban J connectivity index is 2.13. The Morgan fingerprint density at radius 2 is 2.22 bits per heavy atom. The molecule has 0 amide bonds. The summed E-state index contributed by atoms with van der Waals surface area (Å²) in [6.07, 6.45) is 5.73. The zero-order valence-corrected chi connectivity index (χ0v) is 10.3. The number of rotatable bonds is 2. The first-order valence-corrected chi connectivity index (χ1v) is 6.56. The smallest absolute Gasteiger partial charge is 0.0721 e. The third kappa shape index (κ3) is 1.79. The van der Waals surface area contributed by atoms with E-state index in [1.54, 1.807) is 18.6 Å². The molecule has 0 aliphatic carbocycles. The highest BCUT2D eigenvalue weighted by molar-refractivity contribution is 7.80. The van der Waals surface area contributed by atoms with E-state index in [0.717, 1.165) is 16.8 Å². The Kier molecular flexibility index (Phi) is 2.81. The lowest BCUT2D eigenvalue weighted by Crippen LogP contribution is -2.22. The van der Waals surface area contributed by atoms with Crippen molar-refractivity contribution in [3.63, 3.8) is 0 Å². The van der Waals surface area contributed by atoms with Crippen molar-refractivity contribution in [1.29, 1.82) is 0 Å². The van der Waals surface area contributed by atoms with Crippen LogP contribution in [0.1, 0.15) is 5.56 Å². The lowest BCUT2D eigenvalue weighted by Gasteiger charge is -2.20. The molecule has 1 aliphatic rings. The van der Waals surface area contributed by atoms with Gasteiger partial charge in [-0.05, 0) is 24.1 Å². The van der Waals surface area contributed by atoms with Gasteiger partial charge in [-0.25, -0.2) is 0 Å². The summed E-state index contributed by atoms with van der Waals surface area (Å²) in [6.45, 7) is 0.469. The van der Waals surface area contributed by atoms with Crippen LogP contribution in [0.25, 0.3) is 11.3 Å². The fraction of sp³-hybridized carbons (Fsp3) is 0.167. The molecular formula is C12H10N3O2S-. The van der Waals surface area contributed by atoms with Crippen molar-refractivity contribution >= 4 is 17.0 Å². The maximum atomic E-state index is 11.1. The Labute approximate surface area is 107 Å². The maximum absolute atomic E-state index is 11.1. The fourth-order valence-electron chi connectivity index (χ4n) is 2.19. The first-order valence-electron chi connectivity index (χ1n) is 5.52. The molecule has 5 nitrogen and oxygen atoms in total. The topological polar surface area (TPSA) is 69.2 Å². The Morgan fingerprint density at radius 1 is 1.33 bits per heavy atom. The van der Waals surface area contributed by atoms with E-state index >= 15 is 0 Å². The van der Waals surface area contributed by atoms with E-state index < -0.39 is 11.3 Å². The summed E-state index contributed by atoms with van der Waals surface area (Å²) in [5, 5.41) is 0. The highest BCUT2D eigenvalue weighted by Crippen LogP contribution is 2.34. The van der Waals surface area contributed by atoms with Crippen molar-refractivity contribution in [2.45, 2.75) is 6.42 Å². The third-order valence-electron chi connectivity index (χ3n) is 2.99. The van der Waals surface area contributed by atoms with Crippen LogP contribution in [0, 0.1) is 0 Å². The van der Waals surface area contributed by atoms with Crippen LogP contribution in [0.4, 0.5) is 5.69 Å². The molecule has 92 valence electrons. The van der Waals surface area contributed by atoms with Crippen molar-refractivity contribution in [3.05, 3.63) is 42.4 Å². The number of pyridine rings is 2. The van der Waals surface area contributed by atoms with Crippen LogP contribution in [0.3, 0.4) is 0 Å². The summed E-state index contributed by atoms with van der Waals surface area (Å²) in [6, 6.07) is 5.65. The van der Waals surface area contributed by atoms with Gasteiger partial charge in [0.05, 0.1) is 17.6 Å². The van der Waals surface area contributed by atoms with Crippen LogP contribution in [0.2, 0.25) is 0 Å². The monoisotopic (exact) mass is 260 g/mol. The minimum Gasteiger partial charge on any atom is -0.755 e. The summed E-state index contributed by atoms with van der Waals surface area (Å²) in [7, 11) is 0. The molecule has 0 spiro atoms. The van der Waals surface area contributed by atoms with Crippen molar-refractivity contribution in [2.24, 2.45) is 0 Å². The number of fused-ring (bicyclic) bond motifs is 1. The standard InChI is InChI=1S/C12H11N3O2S/c16-18(17)15-6-4-9-10(7-13-8-12(9)15)11-3-1-2-5-14-11/h1-3,5,7-8H,4,6H2,(H,16,17)/p-1. The van der Waals surface area contributed by atoms with Crippen LogP contribution in [0.15, 0.2) is 36.8 Å². The van der Waals surface area contributed by atoms with Crippen molar-refractivity contribution < 1.29 is 8.76 Å². The first kappa shape index (κ1) is 11.3. The molecule has 2 aromatic rings. The van der Waals surface area contributed by atoms with Gasteiger partial charge in [0, 0.05) is 35.8 Å². The molecule has 1 atom stereocenters. The second-order valence-electron chi connectivity index (χ2n) is 3.97. The van der Waals surface area contributed by atoms with E-state index in [0.29, 0.717) is 18.7 Å². The summed E-state index contributed by atoms with van der Waals surface area (Å²) < 4.78 is 23.5. The fourth-order valence-corrected chi connectivity index (χ4v) is 2.74. The Hall–Kier alpha value is -1.79. The van der Waals surface area contributed by atoms with E-state index in [1.807, 2.05) is 18.2 Å². The van der Waals surface area contributed by atoms with Gasteiger partial charge in [-0.2, -0.15) is 0 Å². The summed E-state index contributed by atoms with van der Waals surface area (Å²) >= 11 is -2.24. The zero-order chi connectivity index (χ0) is 12.5. The first-order chi connectivity index (χ1) is 8.77. The highest BCUT2D eigenvalue weighted by Gasteiger charge is 2.23. The molecule has 1 unspecified atom stereocenters. The molecule has 1 aliphatic heterocycles. The number of aromatic nitrogens is 2. The quantitative estimate of drug-likeness (QED) is 0.763. The van der Waals surface area contributed by atoms with Crippen molar-refractivity contribution in [1.82, 2.24) is 9.97 Å². The van der Waals surface area contributed by atoms with E-state index in [2.05, 4.69) is 9.97 Å². The normalized spacial score (nSPS) is 15.5. The van der Waals surface area contributed by atoms with E-state index in [1.165, 1.54) is 4.31 Å². The van der Waals surface area contributed by atoms with Gasteiger partial charge < -0.3 is 8.86 Å². The highest BCUT2D eigenvalue weighted by atomic mass is 32.2. The zero-order valence-electron chi connectivity index (χ0n) is 9.44. The second kappa shape index (κ2) is 4.47. The van der Waals surface area contributed by atoms with Crippen molar-refractivity contribution in [3.8, 4) is 11.3 Å². The van der Waals surface area contributed by atoms with Gasteiger partial charge in [0.1, 0.15) is 0 Å². The molecule has 3 heterocycles. The number of hydrogen-bond acceptors (Lipinski definition) is 4. The lowest BCUT2D eigenvalue weighted by atomic mass is 10.0. The van der Waals surface area contributed by atoms with Gasteiger partial charge in [-0.15, -0.1) is 0 Å². The molecule has 3 rings (SSSR count). The van der Waals surface area contributed by atoms with Crippen LogP contribution in [0.5, 0.6) is 0 Å². The average Bonchev–Trinajstić information content (AvgIpc) is 2.83. The Bertz CT molecular complexity index is 604.